The zero-order chi connectivity index (χ0) is 33.0. The molecule has 0 radical (unpaired) electrons. The van der Waals surface area contributed by atoms with Crippen LogP contribution in [0.2, 0.25) is 0 Å². The van der Waals surface area contributed by atoms with Crippen LogP contribution in [0, 0.1) is 0 Å². The molecule has 0 amide bonds. The molecule has 4 heteroatoms. The van der Waals surface area contributed by atoms with Crippen molar-refractivity contribution in [1.82, 2.24) is 4.98 Å². The number of hydrogen-bond acceptors (Lipinski definition) is 4. The monoisotopic (exact) mass is 658 g/mol. The van der Waals surface area contributed by atoms with Crippen LogP contribution in [0.15, 0.2) is 161 Å². The van der Waals surface area contributed by atoms with E-state index < -0.39 is 0 Å². The van der Waals surface area contributed by atoms with Crippen molar-refractivity contribution >= 4 is 65.2 Å². The standard InChI is InChI=1S/C46H30N2OS/c1-5-29(21-31(7-1)37-9-3-19-47-27-37)33-11-15-43-39(23-33)40-24-34(12-16-44(40)49-43)36-14-18-46-42(26-36)41-25-35(13-17-45(41)50-46)30-6-2-8-32(22-30)38-10-4-20-48-28-38/h1-2,4-18,20-28H,3,19H2. The van der Waals surface area contributed by atoms with Crippen LogP contribution in [0.1, 0.15) is 12.0 Å². The highest BCUT2D eigenvalue weighted by Crippen LogP contribution is 2.40. The van der Waals surface area contributed by atoms with Gasteiger partial charge in [-0.05, 0) is 123 Å². The molecular formula is C46H30N2OS. The topological polar surface area (TPSA) is 38.4 Å². The van der Waals surface area contributed by atoms with Crippen molar-refractivity contribution in [3.63, 3.8) is 0 Å². The van der Waals surface area contributed by atoms with E-state index in [1.807, 2.05) is 36.0 Å². The maximum Gasteiger partial charge on any atom is 0.135 e. The summed E-state index contributed by atoms with van der Waals surface area (Å²) in [5, 5.41) is 4.82. The number of allylic oxidation sites excluding steroid dienone is 1. The second-order valence-electron chi connectivity index (χ2n) is 12.9. The average Bonchev–Trinajstić information content (AvgIpc) is 3.75. The Morgan fingerprint density at radius 2 is 1.00 bits per heavy atom. The number of pyridine rings is 1. The predicted molar refractivity (Wildman–Crippen MR) is 212 cm³/mol. The lowest BCUT2D eigenvalue weighted by Crippen LogP contribution is -1.94. The van der Waals surface area contributed by atoms with Crippen molar-refractivity contribution in [1.29, 1.82) is 0 Å². The van der Waals surface area contributed by atoms with E-state index in [1.54, 1.807) is 0 Å². The molecule has 3 nitrogen and oxygen atoms in total. The highest BCUT2D eigenvalue weighted by molar-refractivity contribution is 7.25. The van der Waals surface area contributed by atoms with E-state index >= 15 is 0 Å². The van der Waals surface area contributed by atoms with Crippen LogP contribution in [-0.4, -0.2) is 17.7 Å². The Bertz CT molecular complexity index is 2820. The fraction of sp³-hybridized carbons (Fsp3) is 0.0435. The number of thiophene rings is 1. The minimum absolute atomic E-state index is 0.872. The molecule has 0 unspecified atom stereocenters. The Morgan fingerprint density at radius 3 is 1.58 bits per heavy atom. The Labute approximate surface area is 293 Å². The number of aromatic nitrogens is 1. The third-order valence-electron chi connectivity index (χ3n) is 9.84. The van der Waals surface area contributed by atoms with E-state index in [9.17, 15) is 0 Å². The number of fused-ring (bicyclic) bond motifs is 6. The van der Waals surface area contributed by atoms with Crippen LogP contribution in [0.3, 0.4) is 0 Å². The fourth-order valence-electron chi connectivity index (χ4n) is 7.27. The lowest BCUT2D eigenvalue weighted by molar-refractivity contribution is 0.669. The normalized spacial score (nSPS) is 13.1. The highest BCUT2D eigenvalue weighted by atomic mass is 32.1. The molecular weight excluding hydrogens is 629 g/mol. The van der Waals surface area contributed by atoms with Crippen LogP contribution in [-0.2, 0) is 0 Å². The van der Waals surface area contributed by atoms with Crippen LogP contribution in [0.25, 0.3) is 92.2 Å². The zero-order valence-electron chi connectivity index (χ0n) is 27.1. The van der Waals surface area contributed by atoms with Crippen molar-refractivity contribution in [2.45, 2.75) is 6.42 Å². The summed E-state index contributed by atoms with van der Waals surface area (Å²) in [5.41, 5.74) is 13.6. The molecule has 0 spiro atoms. The Kier molecular flexibility index (Phi) is 6.81. The van der Waals surface area contributed by atoms with Gasteiger partial charge in [-0.15, -0.1) is 11.3 Å². The largest absolute Gasteiger partial charge is 0.456 e. The van der Waals surface area contributed by atoms with E-state index in [0.29, 0.717) is 0 Å². The van der Waals surface area contributed by atoms with Crippen molar-refractivity contribution in [2.24, 2.45) is 4.99 Å². The van der Waals surface area contributed by atoms with Gasteiger partial charge in [0.15, 0.2) is 0 Å². The van der Waals surface area contributed by atoms with Crippen LogP contribution in [0.4, 0.5) is 0 Å². The van der Waals surface area contributed by atoms with Gasteiger partial charge in [0.2, 0.25) is 0 Å². The lowest BCUT2D eigenvalue weighted by atomic mass is 9.96. The summed E-state index contributed by atoms with van der Waals surface area (Å²) in [4.78, 5) is 8.81. The molecule has 4 heterocycles. The first-order valence-corrected chi connectivity index (χ1v) is 17.8. The van der Waals surface area contributed by atoms with E-state index in [0.717, 1.165) is 40.5 Å². The van der Waals surface area contributed by atoms with Crippen LogP contribution >= 0.6 is 11.3 Å². The van der Waals surface area contributed by atoms with Gasteiger partial charge in [0.05, 0.1) is 0 Å². The van der Waals surface area contributed by atoms with Gasteiger partial charge in [-0.1, -0.05) is 72.8 Å². The number of rotatable bonds is 5. The highest BCUT2D eigenvalue weighted by Gasteiger charge is 2.14. The SMILES string of the molecule is C1=NCCC=C1c1cccc(-c2ccc3oc4ccc(-c5ccc6sc7ccc(-c8cccc(-c9cccnc9)c8)cc7c6c5)cc4c3c2)c1. The third-order valence-corrected chi connectivity index (χ3v) is 11.0. The second-order valence-corrected chi connectivity index (χ2v) is 14.0. The molecule has 0 fully saturated rings. The lowest BCUT2D eigenvalue weighted by Gasteiger charge is -2.09. The van der Waals surface area contributed by atoms with Crippen molar-refractivity contribution in [2.75, 3.05) is 6.54 Å². The Morgan fingerprint density at radius 1 is 0.480 bits per heavy atom. The average molecular weight is 659 g/mol. The molecule has 50 heavy (non-hydrogen) atoms. The number of furan rings is 1. The Balaban J connectivity index is 1.04. The molecule has 1 aliphatic heterocycles. The summed E-state index contributed by atoms with van der Waals surface area (Å²) in [7, 11) is 0. The summed E-state index contributed by atoms with van der Waals surface area (Å²) >= 11 is 1.85. The first-order valence-electron chi connectivity index (χ1n) is 17.0. The fourth-order valence-corrected chi connectivity index (χ4v) is 8.33. The van der Waals surface area contributed by atoms with E-state index in [1.165, 1.54) is 70.3 Å². The van der Waals surface area contributed by atoms with Crippen molar-refractivity contribution in [3.8, 4) is 44.5 Å². The number of benzene rings is 6. The molecule has 1 aliphatic rings. The Hall–Kier alpha value is -6.10. The molecule has 0 bridgehead atoms. The van der Waals surface area contributed by atoms with Gasteiger partial charge in [0.25, 0.3) is 0 Å². The van der Waals surface area contributed by atoms with E-state index in [2.05, 4.69) is 143 Å². The van der Waals surface area contributed by atoms with Crippen LogP contribution < -0.4 is 0 Å². The number of aliphatic imine (C=N–C) groups is 1. The van der Waals surface area contributed by atoms with Gasteiger partial charge in [-0.3, -0.25) is 9.98 Å². The molecule has 236 valence electrons. The number of hydrogen-bond donors (Lipinski definition) is 0. The quantitative estimate of drug-likeness (QED) is 0.185. The molecule has 3 aromatic heterocycles. The minimum atomic E-state index is 0.872. The number of dihydropyridines is 1. The van der Waals surface area contributed by atoms with Crippen LogP contribution in [0.5, 0.6) is 0 Å². The second kappa shape index (κ2) is 11.8. The smallest absolute Gasteiger partial charge is 0.135 e. The number of nitrogens with zero attached hydrogens (tertiary/aromatic N) is 2. The summed E-state index contributed by atoms with van der Waals surface area (Å²) in [5.74, 6) is 0. The van der Waals surface area contributed by atoms with Gasteiger partial charge in [-0.2, -0.15) is 0 Å². The van der Waals surface area contributed by atoms with Crippen molar-refractivity contribution in [3.05, 3.63) is 157 Å². The molecule has 0 N–H and O–H groups in total. The zero-order valence-corrected chi connectivity index (χ0v) is 28.0. The molecule has 0 aliphatic carbocycles. The molecule has 10 rings (SSSR count). The third kappa shape index (κ3) is 5.04. The van der Waals surface area contributed by atoms with Gasteiger partial charge in [-0.25, -0.2) is 0 Å². The van der Waals surface area contributed by atoms with Crippen molar-refractivity contribution < 1.29 is 4.42 Å². The molecule has 0 saturated heterocycles. The summed E-state index contributed by atoms with van der Waals surface area (Å²) in [6.07, 6.45) is 9.00. The first kappa shape index (κ1) is 28.9. The molecule has 0 saturated carbocycles. The molecule has 0 atom stereocenters. The first-order chi connectivity index (χ1) is 24.7. The molecule has 6 aromatic carbocycles. The van der Waals surface area contributed by atoms with Gasteiger partial charge in [0.1, 0.15) is 11.2 Å². The van der Waals surface area contributed by atoms with Gasteiger partial charge in [0, 0.05) is 61.7 Å². The summed E-state index contributed by atoms with van der Waals surface area (Å²) in [6.45, 7) is 0.872. The maximum atomic E-state index is 6.33. The molecule has 9 aromatic rings. The van der Waals surface area contributed by atoms with E-state index in [4.69, 9.17) is 4.42 Å². The van der Waals surface area contributed by atoms with Gasteiger partial charge >= 0.3 is 0 Å². The maximum absolute atomic E-state index is 6.33. The van der Waals surface area contributed by atoms with Gasteiger partial charge < -0.3 is 4.42 Å². The summed E-state index contributed by atoms with van der Waals surface area (Å²) in [6, 6.07) is 48.4. The predicted octanol–water partition coefficient (Wildman–Crippen LogP) is 12.9. The minimum Gasteiger partial charge on any atom is -0.456 e. The van der Waals surface area contributed by atoms with E-state index in [-0.39, 0.29) is 0 Å². The summed E-state index contributed by atoms with van der Waals surface area (Å²) < 4.78 is 8.92.